The minimum absolute atomic E-state index is 0. The van der Waals surface area contributed by atoms with Crippen LogP contribution < -0.4 is 16.0 Å². The van der Waals surface area contributed by atoms with E-state index < -0.39 is 6.04 Å². The normalized spacial score (nSPS) is 26.5. The second-order valence-corrected chi connectivity index (χ2v) is 6.99. The van der Waals surface area contributed by atoms with Crippen molar-refractivity contribution in [1.82, 2.24) is 16.0 Å². The topological polar surface area (TPSA) is 83.4 Å². The number of halogens is 1. The van der Waals surface area contributed by atoms with Crippen molar-refractivity contribution in [2.75, 3.05) is 0 Å². The fourth-order valence-corrected chi connectivity index (χ4v) is 3.62. The van der Waals surface area contributed by atoms with E-state index in [0.717, 1.165) is 12.8 Å². The van der Waals surface area contributed by atoms with Crippen LogP contribution in [0.15, 0.2) is 22.8 Å². The molecule has 0 aromatic carbocycles. The monoisotopic (exact) mass is 355 g/mol. The molecule has 1 aromatic heterocycles. The molecule has 2 bridgehead atoms. The van der Waals surface area contributed by atoms with Crippen molar-refractivity contribution < 1.29 is 14.0 Å². The number of carbonyl (C=O) groups is 2. The van der Waals surface area contributed by atoms with Crippen LogP contribution in [0.1, 0.15) is 50.1 Å². The van der Waals surface area contributed by atoms with Crippen molar-refractivity contribution >= 4 is 24.2 Å². The summed E-state index contributed by atoms with van der Waals surface area (Å²) in [5.74, 6) is -0.226. The lowest BCUT2D eigenvalue weighted by Crippen LogP contribution is -2.55. The summed E-state index contributed by atoms with van der Waals surface area (Å²) in [6.07, 6.45) is 5.78. The Morgan fingerprint density at radius 1 is 1.25 bits per heavy atom. The predicted molar refractivity (Wildman–Crippen MR) is 93.2 cm³/mol. The number of furan rings is 1. The number of carbonyl (C=O) groups excluding carboxylic acids is 2. The molecule has 2 aliphatic heterocycles. The van der Waals surface area contributed by atoms with Crippen molar-refractivity contribution in [2.45, 2.75) is 63.7 Å². The maximum absolute atomic E-state index is 12.6. The van der Waals surface area contributed by atoms with E-state index in [1.54, 1.807) is 12.1 Å². The van der Waals surface area contributed by atoms with Crippen LogP contribution in [0, 0.1) is 5.92 Å². The molecule has 0 spiro atoms. The third kappa shape index (κ3) is 4.30. The van der Waals surface area contributed by atoms with E-state index >= 15 is 0 Å². The lowest BCUT2D eigenvalue weighted by Gasteiger charge is -2.31. The van der Waals surface area contributed by atoms with Gasteiger partial charge in [0.25, 0.3) is 5.91 Å². The summed E-state index contributed by atoms with van der Waals surface area (Å²) in [6, 6.07) is 3.94. The fourth-order valence-electron chi connectivity index (χ4n) is 3.62. The van der Waals surface area contributed by atoms with Crippen LogP contribution in [-0.4, -0.2) is 36.0 Å². The minimum atomic E-state index is -0.555. The van der Waals surface area contributed by atoms with Gasteiger partial charge in [0.15, 0.2) is 5.76 Å². The summed E-state index contributed by atoms with van der Waals surface area (Å²) in [7, 11) is 0. The van der Waals surface area contributed by atoms with E-state index in [4.69, 9.17) is 4.42 Å². The van der Waals surface area contributed by atoms with Gasteiger partial charge in [-0.1, -0.05) is 13.8 Å². The summed E-state index contributed by atoms with van der Waals surface area (Å²) in [5, 5.41) is 9.48. The number of hydrogen-bond donors (Lipinski definition) is 3. The maximum Gasteiger partial charge on any atom is 0.287 e. The van der Waals surface area contributed by atoms with Gasteiger partial charge in [0.1, 0.15) is 6.04 Å². The van der Waals surface area contributed by atoms with E-state index in [2.05, 4.69) is 16.0 Å². The summed E-state index contributed by atoms with van der Waals surface area (Å²) in [4.78, 5) is 24.8. The zero-order valence-electron chi connectivity index (χ0n) is 14.1. The molecule has 0 saturated carbocycles. The zero-order chi connectivity index (χ0) is 16.4. The van der Waals surface area contributed by atoms with Crippen LogP contribution in [-0.2, 0) is 4.79 Å². The van der Waals surface area contributed by atoms with Gasteiger partial charge >= 0.3 is 0 Å². The molecule has 3 heterocycles. The van der Waals surface area contributed by atoms with Crippen molar-refractivity contribution in [2.24, 2.45) is 5.92 Å². The molecule has 2 aliphatic rings. The van der Waals surface area contributed by atoms with Gasteiger partial charge in [-0.05, 0) is 43.7 Å². The minimum Gasteiger partial charge on any atom is -0.459 e. The van der Waals surface area contributed by atoms with Gasteiger partial charge in [-0.25, -0.2) is 0 Å². The van der Waals surface area contributed by atoms with Crippen LogP contribution in [0.25, 0.3) is 0 Å². The van der Waals surface area contributed by atoms with Crippen LogP contribution in [0.5, 0.6) is 0 Å². The van der Waals surface area contributed by atoms with Crippen LogP contribution >= 0.6 is 12.4 Å². The highest BCUT2D eigenvalue weighted by molar-refractivity contribution is 5.95. The number of nitrogens with one attached hydrogen (secondary N) is 3. The van der Waals surface area contributed by atoms with Gasteiger partial charge in [0, 0.05) is 18.1 Å². The first-order valence-electron chi connectivity index (χ1n) is 8.43. The molecule has 3 rings (SSSR count). The molecule has 1 aromatic rings. The molecule has 2 fully saturated rings. The number of rotatable bonds is 5. The number of piperidine rings is 1. The smallest absolute Gasteiger partial charge is 0.287 e. The first-order chi connectivity index (χ1) is 11.0. The SMILES string of the molecule is CC(C)C(NC(=O)c1ccco1)C(=O)NC1CC2CCC(C1)N2.Cl. The molecular formula is C17H26ClN3O3. The average molecular weight is 356 g/mol. The molecule has 24 heavy (non-hydrogen) atoms. The van der Waals surface area contributed by atoms with Crippen molar-refractivity contribution in [3.63, 3.8) is 0 Å². The standard InChI is InChI=1S/C17H25N3O3.ClH/c1-10(2)15(20-16(21)14-4-3-7-23-14)17(22)19-13-8-11-5-6-12(9-13)18-11;/h3-4,7,10-13,15,18H,5-6,8-9H2,1-2H3,(H,19,22)(H,20,21);1H. The molecule has 3 atom stereocenters. The van der Waals surface area contributed by atoms with E-state index in [1.165, 1.54) is 19.1 Å². The number of hydrogen-bond acceptors (Lipinski definition) is 4. The van der Waals surface area contributed by atoms with Gasteiger partial charge in [-0.2, -0.15) is 0 Å². The Labute approximate surface area is 148 Å². The summed E-state index contributed by atoms with van der Waals surface area (Å²) < 4.78 is 5.09. The molecule has 0 aliphatic carbocycles. The van der Waals surface area contributed by atoms with Crippen LogP contribution in [0.3, 0.4) is 0 Å². The van der Waals surface area contributed by atoms with E-state index in [9.17, 15) is 9.59 Å². The van der Waals surface area contributed by atoms with Gasteiger partial charge in [-0.15, -0.1) is 12.4 Å². The summed E-state index contributed by atoms with van der Waals surface area (Å²) in [6.45, 7) is 3.86. The molecule has 7 heteroatoms. The largest absolute Gasteiger partial charge is 0.459 e. The molecule has 3 unspecified atom stereocenters. The Kier molecular flexibility index (Phi) is 6.29. The number of amides is 2. The van der Waals surface area contributed by atoms with Gasteiger partial charge < -0.3 is 20.4 Å². The third-order valence-corrected chi connectivity index (χ3v) is 4.80. The molecule has 0 radical (unpaired) electrons. The van der Waals surface area contributed by atoms with Gasteiger partial charge in [-0.3, -0.25) is 9.59 Å². The number of fused-ring (bicyclic) bond motifs is 2. The highest BCUT2D eigenvalue weighted by atomic mass is 35.5. The van der Waals surface area contributed by atoms with Gasteiger partial charge in [0.05, 0.1) is 6.26 Å². The van der Waals surface area contributed by atoms with Crippen molar-refractivity contribution in [1.29, 1.82) is 0 Å². The van der Waals surface area contributed by atoms with Crippen LogP contribution in [0.2, 0.25) is 0 Å². The lowest BCUT2D eigenvalue weighted by molar-refractivity contribution is -0.124. The Morgan fingerprint density at radius 2 is 1.92 bits per heavy atom. The first-order valence-corrected chi connectivity index (χ1v) is 8.43. The predicted octanol–water partition coefficient (Wildman–Crippen LogP) is 1.85. The van der Waals surface area contributed by atoms with E-state index in [0.29, 0.717) is 12.1 Å². The van der Waals surface area contributed by atoms with Crippen molar-refractivity contribution in [3.05, 3.63) is 24.2 Å². The van der Waals surface area contributed by atoms with E-state index in [-0.39, 0.29) is 41.9 Å². The fraction of sp³-hybridized carbons (Fsp3) is 0.647. The highest BCUT2D eigenvalue weighted by Crippen LogP contribution is 2.26. The molecular weight excluding hydrogens is 330 g/mol. The molecule has 3 N–H and O–H groups in total. The molecule has 2 saturated heterocycles. The van der Waals surface area contributed by atoms with Crippen LogP contribution in [0.4, 0.5) is 0 Å². The summed E-state index contributed by atoms with van der Waals surface area (Å²) >= 11 is 0. The Hall–Kier alpha value is -1.53. The third-order valence-electron chi connectivity index (χ3n) is 4.80. The maximum atomic E-state index is 12.6. The zero-order valence-corrected chi connectivity index (χ0v) is 14.9. The Morgan fingerprint density at radius 3 is 2.46 bits per heavy atom. The first kappa shape index (κ1) is 18.8. The van der Waals surface area contributed by atoms with Crippen molar-refractivity contribution in [3.8, 4) is 0 Å². The molecule has 134 valence electrons. The Bertz CT molecular complexity index is 549. The summed E-state index contributed by atoms with van der Waals surface area (Å²) in [5.41, 5.74) is 0. The molecule has 6 nitrogen and oxygen atoms in total. The van der Waals surface area contributed by atoms with Gasteiger partial charge in [0.2, 0.25) is 5.91 Å². The second-order valence-electron chi connectivity index (χ2n) is 6.99. The highest BCUT2D eigenvalue weighted by Gasteiger charge is 2.35. The van der Waals surface area contributed by atoms with E-state index in [1.807, 2.05) is 13.8 Å². The quantitative estimate of drug-likeness (QED) is 0.752. The lowest BCUT2D eigenvalue weighted by atomic mass is 9.97. The molecule has 2 amide bonds. The second kappa shape index (κ2) is 8.03. The average Bonchev–Trinajstić information content (AvgIpc) is 3.14. The Balaban J connectivity index is 0.00000208.